The Kier molecular flexibility index (Phi) is 3.55. The van der Waals surface area contributed by atoms with Gasteiger partial charge in [0.2, 0.25) is 0 Å². The second-order valence-electron chi connectivity index (χ2n) is 6.78. The number of fused-ring (bicyclic) bond motifs is 3. The van der Waals surface area contributed by atoms with Gasteiger partial charge in [-0.3, -0.25) is 9.36 Å². The molecular weight excluding hydrogens is 352 g/mol. The van der Waals surface area contributed by atoms with Gasteiger partial charge < -0.3 is 0 Å². The van der Waals surface area contributed by atoms with E-state index in [1.54, 1.807) is 15.3 Å². The lowest BCUT2D eigenvalue weighted by molar-refractivity contribution is 0.914. The molecule has 136 valence electrons. The van der Waals surface area contributed by atoms with E-state index in [9.17, 15) is 4.79 Å². The molecule has 28 heavy (non-hydrogen) atoms. The molecule has 0 saturated heterocycles. The summed E-state index contributed by atoms with van der Waals surface area (Å²) in [5.41, 5.74) is 4.44. The number of pyridine rings is 1. The summed E-state index contributed by atoms with van der Waals surface area (Å²) in [6.07, 6.45) is 1.74. The Bertz CT molecular complexity index is 1380. The Hall–Kier alpha value is -3.87. The SMILES string of the molecule is Cc1cc(C)cc(-n2ccc3c(nnc4nc(-c5ccccc5)nn43)c2=O)c1. The Morgan fingerprint density at radius 3 is 2.39 bits per heavy atom. The Morgan fingerprint density at radius 1 is 0.893 bits per heavy atom. The molecule has 0 amide bonds. The maximum Gasteiger partial charge on any atom is 0.285 e. The molecule has 0 bridgehead atoms. The molecule has 7 heteroatoms. The summed E-state index contributed by atoms with van der Waals surface area (Å²) in [6.45, 7) is 4.01. The van der Waals surface area contributed by atoms with Gasteiger partial charge in [-0.2, -0.15) is 9.50 Å². The lowest BCUT2D eigenvalue weighted by Crippen LogP contribution is -2.20. The third-order valence-corrected chi connectivity index (χ3v) is 4.62. The molecule has 0 aliphatic carbocycles. The van der Waals surface area contributed by atoms with E-state index < -0.39 is 0 Å². The van der Waals surface area contributed by atoms with Crippen molar-refractivity contribution < 1.29 is 0 Å². The molecule has 3 heterocycles. The van der Waals surface area contributed by atoms with E-state index in [1.165, 1.54) is 0 Å². The Balaban J connectivity index is 1.74. The number of benzene rings is 2. The first kappa shape index (κ1) is 16.3. The third kappa shape index (κ3) is 2.56. The first-order valence-corrected chi connectivity index (χ1v) is 8.89. The summed E-state index contributed by atoms with van der Waals surface area (Å²) in [4.78, 5) is 17.5. The largest absolute Gasteiger partial charge is 0.285 e. The molecule has 0 N–H and O–H groups in total. The molecule has 3 aromatic heterocycles. The average Bonchev–Trinajstić information content (AvgIpc) is 3.13. The number of rotatable bonds is 2. The predicted molar refractivity (Wildman–Crippen MR) is 107 cm³/mol. The zero-order valence-electron chi connectivity index (χ0n) is 15.4. The van der Waals surface area contributed by atoms with Crippen molar-refractivity contribution in [2.75, 3.05) is 0 Å². The Labute approximate surface area is 159 Å². The molecule has 0 fully saturated rings. The highest BCUT2D eigenvalue weighted by atomic mass is 16.1. The van der Waals surface area contributed by atoms with E-state index in [4.69, 9.17) is 0 Å². The van der Waals surface area contributed by atoms with Gasteiger partial charge in [-0.25, -0.2) is 0 Å². The van der Waals surface area contributed by atoms with Gasteiger partial charge in [-0.15, -0.1) is 15.3 Å². The fraction of sp³-hybridized carbons (Fsp3) is 0.0952. The van der Waals surface area contributed by atoms with Gasteiger partial charge in [0.15, 0.2) is 11.3 Å². The molecule has 5 rings (SSSR count). The minimum absolute atomic E-state index is 0.242. The number of nitrogens with zero attached hydrogens (tertiary/aromatic N) is 6. The number of aromatic nitrogens is 6. The van der Waals surface area contributed by atoms with Crippen LogP contribution in [0, 0.1) is 13.8 Å². The molecule has 7 nitrogen and oxygen atoms in total. The predicted octanol–water partition coefficient (Wildman–Crippen LogP) is 3.11. The van der Waals surface area contributed by atoms with Crippen LogP contribution in [0.4, 0.5) is 0 Å². The number of hydrogen-bond donors (Lipinski definition) is 0. The zero-order chi connectivity index (χ0) is 19.3. The van der Waals surface area contributed by atoms with Gasteiger partial charge in [-0.1, -0.05) is 36.4 Å². The lowest BCUT2D eigenvalue weighted by atomic mass is 10.1. The minimum Gasteiger partial charge on any atom is -0.282 e. The van der Waals surface area contributed by atoms with E-state index in [0.717, 1.165) is 22.4 Å². The summed E-state index contributed by atoms with van der Waals surface area (Å²) in [5.74, 6) is 0.899. The Morgan fingerprint density at radius 2 is 1.64 bits per heavy atom. The minimum atomic E-state index is -0.242. The third-order valence-electron chi connectivity index (χ3n) is 4.62. The van der Waals surface area contributed by atoms with E-state index >= 15 is 0 Å². The van der Waals surface area contributed by atoms with E-state index in [0.29, 0.717) is 17.1 Å². The topological polar surface area (TPSA) is 78.0 Å². The molecule has 0 atom stereocenters. The molecule has 2 aromatic carbocycles. The van der Waals surface area contributed by atoms with Gasteiger partial charge in [0, 0.05) is 17.4 Å². The fourth-order valence-corrected chi connectivity index (χ4v) is 3.41. The maximum absolute atomic E-state index is 13.1. The second kappa shape index (κ2) is 6.09. The first-order chi connectivity index (χ1) is 13.6. The van der Waals surface area contributed by atoms with Crippen LogP contribution in [0.25, 0.3) is 33.9 Å². The highest BCUT2D eigenvalue weighted by molar-refractivity contribution is 5.75. The van der Waals surface area contributed by atoms with Gasteiger partial charge in [0.25, 0.3) is 11.3 Å². The van der Waals surface area contributed by atoms with Crippen molar-refractivity contribution in [3.8, 4) is 17.1 Å². The van der Waals surface area contributed by atoms with Crippen molar-refractivity contribution in [3.05, 3.63) is 82.3 Å². The molecular formula is C21H16N6O. The molecule has 0 saturated carbocycles. The van der Waals surface area contributed by atoms with Crippen LogP contribution in [-0.4, -0.2) is 29.4 Å². The van der Waals surface area contributed by atoms with Crippen LogP contribution in [0.2, 0.25) is 0 Å². The van der Waals surface area contributed by atoms with E-state index in [2.05, 4.69) is 26.3 Å². The quantitative estimate of drug-likeness (QED) is 0.478. The molecule has 0 unspecified atom stereocenters. The zero-order valence-corrected chi connectivity index (χ0v) is 15.4. The van der Waals surface area contributed by atoms with Crippen LogP contribution in [0.1, 0.15) is 11.1 Å². The van der Waals surface area contributed by atoms with Crippen molar-refractivity contribution in [1.82, 2.24) is 29.4 Å². The van der Waals surface area contributed by atoms with E-state index in [1.807, 2.05) is 62.4 Å². The van der Waals surface area contributed by atoms with E-state index in [-0.39, 0.29) is 11.1 Å². The van der Waals surface area contributed by atoms with Crippen LogP contribution in [0.3, 0.4) is 0 Å². The molecule has 5 aromatic rings. The van der Waals surface area contributed by atoms with Crippen molar-refractivity contribution in [1.29, 1.82) is 0 Å². The lowest BCUT2D eigenvalue weighted by Gasteiger charge is -2.09. The summed E-state index contributed by atoms with van der Waals surface area (Å²) in [7, 11) is 0. The fourth-order valence-electron chi connectivity index (χ4n) is 3.41. The van der Waals surface area contributed by atoms with Crippen LogP contribution < -0.4 is 5.56 Å². The van der Waals surface area contributed by atoms with Gasteiger partial charge >= 0.3 is 0 Å². The molecule has 0 spiro atoms. The molecule has 0 aliphatic heterocycles. The van der Waals surface area contributed by atoms with Gasteiger partial charge in [0.1, 0.15) is 5.52 Å². The highest BCUT2D eigenvalue weighted by Crippen LogP contribution is 2.18. The standard InChI is InChI=1S/C21H16N6O/c1-13-10-14(2)12-16(11-13)26-9-8-17-18(20(26)28)23-24-21-22-19(25-27(17)21)15-6-4-3-5-7-15/h3-12H,1-2H3. The summed E-state index contributed by atoms with van der Waals surface area (Å²) in [6, 6.07) is 17.5. The summed E-state index contributed by atoms with van der Waals surface area (Å²) in [5, 5.41) is 12.8. The smallest absolute Gasteiger partial charge is 0.282 e. The monoisotopic (exact) mass is 368 g/mol. The highest BCUT2D eigenvalue weighted by Gasteiger charge is 2.14. The van der Waals surface area contributed by atoms with Crippen LogP contribution in [0.5, 0.6) is 0 Å². The number of hydrogen-bond acceptors (Lipinski definition) is 5. The van der Waals surface area contributed by atoms with Crippen molar-refractivity contribution in [2.24, 2.45) is 0 Å². The van der Waals surface area contributed by atoms with Crippen LogP contribution in [-0.2, 0) is 0 Å². The van der Waals surface area contributed by atoms with Gasteiger partial charge in [-0.05, 0) is 43.2 Å². The van der Waals surface area contributed by atoms with Crippen molar-refractivity contribution in [2.45, 2.75) is 13.8 Å². The van der Waals surface area contributed by atoms with Crippen LogP contribution >= 0.6 is 0 Å². The maximum atomic E-state index is 13.1. The summed E-state index contributed by atoms with van der Waals surface area (Å²) < 4.78 is 3.15. The summed E-state index contributed by atoms with van der Waals surface area (Å²) >= 11 is 0. The normalized spacial score (nSPS) is 11.4. The second-order valence-corrected chi connectivity index (χ2v) is 6.78. The molecule has 0 radical (unpaired) electrons. The molecule has 0 aliphatic rings. The van der Waals surface area contributed by atoms with Gasteiger partial charge in [0.05, 0.1) is 0 Å². The van der Waals surface area contributed by atoms with Crippen molar-refractivity contribution >= 4 is 16.8 Å². The first-order valence-electron chi connectivity index (χ1n) is 8.89. The van der Waals surface area contributed by atoms with Crippen molar-refractivity contribution in [3.63, 3.8) is 0 Å². The number of aryl methyl sites for hydroxylation is 2. The van der Waals surface area contributed by atoms with Crippen LogP contribution in [0.15, 0.2) is 65.6 Å². The average molecular weight is 368 g/mol.